The van der Waals surface area contributed by atoms with Gasteiger partial charge in [-0.3, -0.25) is 9.69 Å². The molecular formula is C21H33N5O2. The highest BCUT2D eigenvalue weighted by Crippen LogP contribution is 2.27. The second-order valence-corrected chi connectivity index (χ2v) is 7.87. The Morgan fingerprint density at radius 3 is 2.57 bits per heavy atom. The molecule has 28 heavy (non-hydrogen) atoms. The molecule has 7 heteroatoms. The minimum atomic E-state index is 0.0294. The molecule has 0 aliphatic carbocycles. The lowest BCUT2D eigenvalue weighted by atomic mass is 10.1. The van der Waals surface area contributed by atoms with Crippen LogP contribution in [0.3, 0.4) is 0 Å². The number of fused-ring (bicyclic) bond motifs is 1. The summed E-state index contributed by atoms with van der Waals surface area (Å²) in [6, 6.07) is 8.72. The van der Waals surface area contributed by atoms with Gasteiger partial charge in [-0.2, -0.15) is 0 Å². The number of piperidine rings is 1. The van der Waals surface area contributed by atoms with Gasteiger partial charge < -0.3 is 20.4 Å². The number of amides is 3. The fraction of sp³-hybridized carbons (Fsp3) is 0.619. The Hall–Kier alpha value is -2.28. The molecule has 1 saturated heterocycles. The van der Waals surface area contributed by atoms with Crippen molar-refractivity contribution in [2.24, 2.45) is 0 Å². The fourth-order valence-electron chi connectivity index (χ4n) is 4.20. The maximum absolute atomic E-state index is 13.1. The zero-order valence-electron chi connectivity index (χ0n) is 17.3. The number of benzene rings is 1. The quantitative estimate of drug-likeness (QED) is 0.824. The van der Waals surface area contributed by atoms with E-state index in [9.17, 15) is 9.59 Å². The molecule has 0 spiro atoms. The normalized spacial score (nSPS) is 21.0. The zero-order valence-corrected chi connectivity index (χ0v) is 17.3. The Morgan fingerprint density at radius 2 is 1.89 bits per heavy atom. The van der Waals surface area contributed by atoms with E-state index in [2.05, 4.69) is 52.6 Å². The summed E-state index contributed by atoms with van der Waals surface area (Å²) in [5, 5.41) is 5.92. The molecule has 1 aromatic carbocycles. The van der Waals surface area contributed by atoms with Gasteiger partial charge in [-0.15, -0.1) is 0 Å². The number of carbonyl (C=O) groups is 2. The lowest BCUT2D eigenvalue weighted by Gasteiger charge is -2.35. The van der Waals surface area contributed by atoms with Crippen molar-refractivity contribution in [3.63, 3.8) is 0 Å². The summed E-state index contributed by atoms with van der Waals surface area (Å²) in [5.74, 6) is 0.0422. The van der Waals surface area contributed by atoms with Crippen LogP contribution in [-0.2, 0) is 11.3 Å². The van der Waals surface area contributed by atoms with Crippen LogP contribution in [0.4, 0.5) is 10.5 Å². The molecule has 7 nitrogen and oxygen atoms in total. The predicted octanol–water partition coefficient (Wildman–Crippen LogP) is 1.64. The molecule has 0 saturated carbocycles. The third-order valence-electron chi connectivity index (χ3n) is 5.96. The Kier molecular flexibility index (Phi) is 6.78. The van der Waals surface area contributed by atoms with Gasteiger partial charge in [-0.1, -0.05) is 25.1 Å². The number of likely N-dealkylation sites (tertiary alicyclic amines) is 1. The molecule has 1 atom stereocenters. The Bertz CT molecular complexity index is 687. The van der Waals surface area contributed by atoms with E-state index in [1.807, 2.05) is 11.0 Å². The molecule has 3 amide bonds. The number of likely N-dealkylation sites (N-methyl/N-ethyl adjacent to an activating group) is 2. The molecule has 2 heterocycles. The minimum absolute atomic E-state index is 0.0294. The average molecular weight is 388 g/mol. The number of nitrogens with one attached hydrogen (secondary N) is 2. The van der Waals surface area contributed by atoms with Gasteiger partial charge >= 0.3 is 6.03 Å². The topological polar surface area (TPSA) is 67.9 Å². The van der Waals surface area contributed by atoms with Gasteiger partial charge in [0.1, 0.15) is 0 Å². The number of para-hydroxylation sites is 1. The van der Waals surface area contributed by atoms with Crippen molar-refractivity contribution < 1.29 is 9.59 Å². The van der Waals surface area contributed by atoms with Crippen molar-refractivity contribution in [1.82, 2.24) is 20.4 Å². The van der Waals surface area contributed by atoms with Crippen molar-refractivity contribution in [3.8, 4) is 0 Å². The maximum Gasteiger partial charge on any atom is 0.318 e. The first-order valence-electron chi connectivity index (χ1n) is 10.3. The molecule has 1 fully saturated rings. The van der Waals surface area contributed by atoms with E-state index in [0.29, 0.717) is 13.1 Å². The molecule has 3 rings (SSSR count). The van der Waals surface area contributed by atoms with Gasteiger partial charge in [0, 0.05) is 52.0 Å². The van der Waals surface area contributed by atoms with Gasteiger partial charge in [-0.25, -0.2) is 4.79 Å². The Labute approximate surface area is 168 Å². The van der Waals surface area contributed by atoms with Crippen LogP contribution in [0, 0.1) is 0 Å². The van der Waals surface area contributed by atoms with Crippen molar-refractivity contribution >= 4 is 17.6 Å². The third kappa shape index (κ3) is 4.76. The molecule has 154 valence electrons. The standard InChI is InChI=1S/C21H33N5O2/c1-4-18-14-24(3)19-8-6-5-7-16(19)13-26(18)21(28)23-17-9-11-25(12-10-17)15-20(27)22-2/h5-8,17-18H,4,9-15H2,1-3H3,(H,22,27)(H,23,28). The van der Waals surface area contributed by atoms with E-state index in [1.54, 1.807) is 7.05 Å². The largest absolute Gasteiger partial charge is 0.372 e. The maximum atomic E-state index is 13.1. The number of nitrogens with zero attached hydrogens (tertiary/aromatic N) is 3. The molecule has 0 radical (unpaired) electrons. The van der Waals surface area contributed by atoms with E-state index in [0.717, 1.165) is 38.9 Å². The monoisotopic (exact) mass is 387 g/mol. The lowest BCUT2D eigenvalue weighted by molar-refractivity contribution is -0.122. The smallest absolute Gasteiger partial charge is 0.318 e. The minimum Gasteiger partial charge on any atom is -0.372 e. The summed E-state index contributed by atoms with van der Waals surface area (Å²) in [5.41, 5.74) is 2.40. The second kappa shape index (κ2) is 9.28. The number of anilines is 1. The SMILES string of the molecule is CCC1CN(C)c2ccccc2CN1C(=O)NC1CCN(CC(=O)NC)CC1. The van der Waals surface area contributed by atoms with Gasteiger partial charge in [-0.05, 0) is 30.9 Å². The van der Waals surface area contributed by atoms with Crippen LogP contribution in [0.5, 0.6) is 0 Å². The zero-order chi connectivity index (χ0) is 20.1. The summed E-state index contributed by atoms with van der Waals surface area (Å²) < 4.78 is 0. The van der Waals surface area contributed by atoms with Crippen LogP contribution in [0.15, 0.2) is 24.3 Å². The number of carbonyl (C=O) groups excluding carboxylic acids is 2. The average Bonchev–Trinajstić information content (AvgIpc) is 2.86. The van der Waals surface area contributed by atoms with Crippen LogP contribution in [-0.4, -0.2) is 74.1 Å². The van der Waals surface area contributed by atoms with Crippen molar-refractivity contribution in [1.29, 1.82) is 0 Å². The van der Waals surface area contributed by atoms with Gasteiger partial charge in [0.15, 0.2) is 0 Å². The fourth-order valence-corrected chi connectivity index (χ4v) is 4.20. The third-order valence-corrected chi connectivity index (χ3v) is 5.96. The molecule has 2 aliphatic rings. The Morgan fingerprint density at radius 1 is 1.18 bits per heavy atom. The van der Waals surface area contributed by atoms with Crippen molar-refractivity contribution in [3.05, 3.63) is 29.8 Å². The first-order chi connectivity index (χ1) is 13.5. The summed E-state index contributed by atoms with van der Waals surface area (Å²) in [6.07, 6.45) is 2.68. The van der Waals surface area contributed by atoms with E-state index >= 15 is 0 Å². The second-order valence-electron chi connectivity index (χ2n) is 7.87. The number of hydrogen-bond donors (Lipinski definition) is 2. The summed E-state index contributed by atoms with van der Waals surface area (Å²) in [7, 11) is 3.77. The lowest BCUT2D eigenvalue weighted by Crippen LogP contribution is -2.53. The van der Waals surface area contributed by atoms with E-state index in [1.165, 1.54) is 11.3 Å². The van der Waals surface area contributed by atoms with Crippen LogP contribution < -0.4 is 15.5 Å². The first kappa shape index (κ1) is 20.5. The van der Waals surface area contributed by atoms with Crippen LogP contribution in [0.2, 0.25) is 0 Å². The summed E-state index contributed by atoms with van der Waals surface area (Å²) in [4.78, 5) is 31.1. The van der Waals surface area contributed by atoms with Crippen molar-refractivity contribution in [2.45, 2.75) is 44.8 Å². The van der Waals surface area contributed by atoms with E-state index < -0.39 is 0 Å². The molecule has 2 aliphatic heterocycles. The van der Waals surface area contributed by atoms with Crippen LogP contribution in [0.25, 0.3) is 0 Å². The molecular weight excluding hydrogens is 354 g/mol. The number of rotatable bonds is 4. The van der Waals surface area contributed by atoms with Crippen LogP contribution in [0.1, 0.15) is 31.7 Å². The van der Waals surface area contributed by atoms with Gasteiger partial charge in [0.05, 0.1) is 12.6 Å². The number of hydrogen-bond acceptors (Lipinski definition) is 4. The number of urea groups is 1. The highest BCUT2D eigenvalue weighted by molar-refractivity contribution is 5.77. The van der Waals surface area contributed by atoms with Crippen LogP contribution >= 0.6 is 0 Å². The van der Waals surface area contributed by atoms with Gasteiger partial charge in [0.2, 0.25) is 5.91 Å². The van der Waals surface area contributed by atoms with E-state index in [4.69, 9.17) is 0 Å². The molecule has 0 bridgehead atoms. The van der Waals surface area contributed by atoms with Gasteiger partial charge in [0.25, 0.3) is 0 Å². The predicted molar refractivity (Wildman–Crippen MR) is 111 cm³/mol. The molecule has 1 aromatic rings. The molecule has 2 N–H and O–H groups in total. The summed E-state index contributed by atoms with van der Waals surface area (Å²) in [6.45, 7) is 5.73. The molecule has 1 unspecified atom stereocenters. The highest BCUT2D eigenvalue weighted by Gasteiger charge is 2.30. The summed E-state index contributed by atoms with van der Waals surface area (Å²) >= 11 is 0. The Balaban J connectivity index is 1.61. The van der Waals surface area contributed by atoms with Crippen molar-refractivity contribution in [2.75, 3.05) is 45.2 Å². The molecule has 0 aromatic heterocycles. The first-order valence-corrected chi connectivity index (χ1v) is 10.3. The van der Waals surface area contributed by atoms with E-state index in [-0.39, 0.29) is 24.0 Å². The highest BCUT2D eigenvalue weighted by atomic mass is 16.2.